The summed E-state index contributed by atoms with van der Waals surface area (Å²) in [6.45, 7) is 3.72. The highest BCUT2D eigenvalue weighted by atomic mass is 16.2. The van der Waals surface area contributed by atoms with Crippen molar-refractivity contribution >= 4 is 11.9 Å². The van der Waals surface area contributed by atoms with Gasteiger partial charge >= 0.3 is 6.03 Å². The second kappa shape index (κ2) is 6.87. The minimum absolute atomic E-state index is 0.0563. The average Bonchev–Trinajstić information content (AvgIpc) is 2.65. The molecule has 4 aliphatic carbocycles. The summed E-state index contributed by atoms with van der Waals surface area (Å²) in [5.74, 6) is 2.17. The topological polar surface area (TPSA) is 62.6 Å². The Balaban J connectivity index is 1.18. The second-order valence-corrected chi connectivity index (χ2v) is 9.97. The number of quaternary nitrogens is 1. The molecular weight excluding hydrogens is 350 g/mol. The lowest BCUT2D eigenvalue weighted by Gasteiger charge is -2.56. The molecule has 28 heavy (non-hydrogen) atoms. The highest BCUT2D eigenvalue weighted by molar-refractivity contribution is 5.96. The number of urea groups is 1. The molecule has 3 amide bonds. The van der Waals surface area contributed by atoms with E-state index < -0.39 is 0 Å². The van der Waals surface area contributed by atoms with Crippen molar-refractivity contribution in [2.24, 2.45) is 17.8 Å². The highest BCUT2D eigenvalue weighted by Gasteiger charge is 2.51. The van der Waals surface area contributed by atoms with Crippen LogP contribution in [0, 0.1) is 17.8 Å². The third kappa shape index (κ3) is 3.34. The Morgan fingerprint density at radius 1 is 1.04 bits per heavy atom. The SMILES string of the molecule is C[C@H](C(=O)NC(=O)NC12CC3CC(CC(C3)C1)C2)[NH+]1CCc2ccccc2C1. The van der Waals surface area contributed by atoms with Crippen molar-refractivity contribution in [3.63, 3.8) is 0 Å². The lowest BCUT2D eigenvalue weighted by molar-refractivity contribution is -0.929. The fourth-order valence-corrected chi connectivity index (χ4v) is 6.91. The molecule has 1 aromatic carbocycles. The van der Waals surface area contributed by atoms with E-state index in [1.54, 1.807) is 0 Å². The molecule has 0 spiro atoms. The Kier molecular flexibility index (Phi) is 4.46. The minimum atomic E-state index is -0.282. The van der Waals surface area contributed by atoms with Crippen LogP contribution < -0.4 is 15.5 Å². The summed E-state index contributed by atoms with van der Waals surface area (Å²) >= 11 is 0. The van der Waals surface area contributed by atoms with Gasteiger partial charge in [0.25, 0.3) is 5.91 Å². The average molecular weight is 383 g/mol. The zero-order chi connectivity index (χ0) is 19.3. The Hall–Kier alpha value is -1.88. The van der Waals surface area contributed by atoms with Crippen LogP contribution in [0.4, 0.5) is 4.79 Å². The van der Waals surface area contributed by atoms with Gasteiger partial charge in [0.1, 0.15) is 6.54 Å². The van der Waals surface area contributed by atoms with E-state index in [2.05, 4.69) is 34.9 Å². The maximum Gasteiger partial charge on any atom is 0.322 e. The zero-order valence-corrected chi connectivity index (χ0v) is 16.8. The number of hydrogen-bond acceptors (Lipinski definition) is 2. The van der Waals surface area contributed by atoms with Gasteiger partial charge in [-0.2, -0.15) is 0 Å². The van der Waals surface area contributed by atoms with Crippen LogP contribution in [0.5, 0.6) is 0 Å². The molecular formula is C23H32N3O2+. The summed E-state index contributed by atoms with van der Waals surface area (Å²) in [4.78, 5) is 26.7. The molecule has 1 unspecified atom stereocenters. The number of carbonyl (C=O) groups excluding carboxylic acids is 2. The quantitative estimate of drug-likeness (QED) is 0.747. The molecule has 0 radical (unpaired) electrons. The van der Waals surface area contributed by atoms with E-state index in [0.717, 1.165) is 56.5 Å². The normalized spacial score (nSPS) is 36.5. The van der Waals surface area contributed by atoms with E-state index in [9.17, 15) is 9.59 Å². The Bertz CT molecular complexity index is 755. The van der Waals surface area contributed by atoms with Gasteiger partial charge < -0.3 is 10.2 Å². The van der Waals surface area contributed by atoms with Gasteiger partial charge in [0.2, 0.25) is 0 Å². The van der Waals surface area contributed by atoms with Crippen LogP contribution >= 0.6 is 0 Å². The van der Waals surface area contributed by atoms with Gasteiger partial charge in [-0.05, 0) is 68.8 Å². The molecule has 3 N–H and O–H groups in total. The number of nitrogens with one attached hydrogen (secondary N) is 3. The van der Waals surface area contributed by atoms with Crippen molar-refractivity contribution < 1.29 is 14.5 Å². The maximum atomic E-state index is 12.8. The molecule has 0 aromatic heterocycles. The molecule has 5 aliphatic rings. The number of imide groups is 1. The van der Waals surface area contributed by atoms with E-state index in [-0.39, 0.29) is 23.5 Å². The van der Waals surface area contributed by atoms with Gasteiger partial charge in [0.15, 0.2) is 6.04 Å². The monoisotopic (exact) mass is 382 g/mol. The number of rotatable bonds is 3. The van der Waals surface area contributed by atoms with Crippen molar-refractivity contribution in [1.82, 2.24) is 10.6 Å². The van der Waals surface area contributed by atoms with Crippen LogP contribution in [0.15, 0.2) is 24.3 Å². The molecule has 5 heteroatoms. The van der Waals surface area contributed by atoms with Crippen LogP contribution in [0.2, 0.25) is 0 Å². The Morgan fingerprint density at radius 3 is 2.29 bits per heavy atom. The van der Waals surface area contributed by atoms with Crippen molar-refractivity contribution in [2.45, 2.75) is 70.0 Å². The minimum Gasteiger partial charge on any atom is -0.332 e. The van der Waals surface area contributed by atoms with E-state index in [0.29, 0.717) is 0 Å². The van der Waals surface area contributed by atoms with Crippen molar-refractivity contribution in [3.8, 4) is 0 Å². The highest BCUT2D eigenvalue weighted by Crippen LogP contribution is 2.55. The van der Waals surface area contributed by atoms with E-state index >= 15 is 0 Å². The number of fused-ring (bicyclic) bond motifs is 1. The lowest BCUT2D eigenvalue weighted by atomic mass is 9.53. The third-order valence-electron chi connectivity index (χ3n) is 7.91. The lowest BCUT2D eigenvalue weighted by Crippen LogP contribution is -3.16. The van der Waals surface area contributed by atoms with Crippen LogP contribution in [0.25, 0.3) is 0 Å². The first-order valence-electron chi connectivity index (χ1n) is 11.0. The summed E-state index contributed by atoms with van der Waals surface area (Å²) in [6, 6.07) is 7.96. The summed E-state index contributed by atoms with van der Waals surface area (Å²) < 4.78 is 0. The van der Waals surface area contributed by atoms with Gasteiger partial charge in [0.05, 0.1) is 6.54 Å². The van der Waals surface area contributed by atoms with E-state index in [1.165, 1.54) is 35.3 Å². The first-order chi connectivity index (χ1) is 13.5. The first kappa shape index (κ1) is 18.2. The van der Waals surface area contributed by atoms with Gasteiger partial charge in [0, 0.05) is 17.5 Å². The molecule has 6 rings (SSSR count). The number of amides is 3. The van der Waals surface area contributed by atoms with E-state index in [4.69, 9.17) is 0 Å². The Labute approximate surface area is 167 Å². The fraction of sp³-hybridized carbons (Fsp3) is 0.652. The standard InChI is InChI=1S/C23H31N3O2/c1-15(26-7-6-19-4-2-3-5-20(19)14-26)21(27)24-22(28)25-23-11-16-8-17(12-23)10-18(9-16)13-23/h2-5,15-18H,6-14H2,1H3,(H2,24,25,27,28)/p+1/t15-,16?,17?,18?,23?/m1/s1. The molecule has 1 heterocycles. The maximum absolute atomic E-state index is 12.8. The van der Waals surface area contributed by atoms with Gasteiger partial charge in [-0.1, -0.05) is 24.3 Å². The van der Waals surface area contributed by atoms with E-state index in [1.807, 2.05) is 6.92 Å². The van der Waals surface area contributed by atoms with Crippen molar-refractivity contribution in [3.05, 3.63) is 35.4 Å². The first-order valence-corrected chi connectivity index (χ1v) is 11.0. The molecule has 1 aromatic rings. The Morgan fingerprint density at radius 2 is 1.64 bits per heavy atom. The molecule has 0 saturated heterocycles. The van der Waals surface area contributed by atoms with Crippen molar-refractivity contribution in [1.29, 1.82) is 0 Å². The molecule has 1 aliphatic heterocycles. The molecule has 150 valence electrons. The van der Waals surface area contributed by atoms with Crippen LogP contribution in [0.1, 0.15) is 56.6 Å². The van der Waals surface area contributed by atoms with Gasteiger partial charge in [-0.15, -0.1) is 0 Å². The van der Waals surface area contributed by atoms with Crippen LogP contribution in [-0.4, -0.2) is 30.1 Å². The molecule has 4 fully saturated rings. The van der Waals surface area contributed by atoms with Gasteiger partial charge in [-0.3, -0.25) is 10.1 Å². The zero-order valence-electron chi connectivity index (χ0n) is 16.8. The summed E-state index contributed by atoms with van der Waals surface area (Å²) in [6.07, 6.45) is 8.33. The predicted molar refractivity (Wildman–Crippen MR) is 107 cm³/mol. The number of carbonyl (C=O) groups is 2. The summed E-state index contributed by atoms with van der Waals surface area (Å²) in [5, 5.41) is 5.91. The molecule has 2 atom stereocenters. The number of benzene rings is 1. The molecule has 4 bridgehead atoms. The smallest absolute Gasteiger partial charge is 0.322 e. The predicted octanol–water partition coefficient (Wildman–Crippen LogP) is 1.81. The molecule has 5 nitrogen and oxygen atoms in total. The fourth-order valence-electron chi connectivity index (χ4n) is 6.91. The van der Waals surface area contributed by atoms with Crippen molar-refractivity contribution in [2.75, 3.05) is 6.54 Å². The molecule has 4 saturated carbocycles. The third-order valence-corrected chi connectivity index (χ3v) is 7.91. The summed E-state index contributed by atoms with van der Waals surface area (Å²) in [5.41, 5.74) is 2.65. The van der Waals surface area contributed by atoms with Gasteiger partial charge in [-0.25, -0.2) is 4.79 Å². The summed E-state index contributed by atoms with van der Waals surface area (Å²) in [7, 11) is 0. The number of hydrogen-bond donors (Lipinski definition) is 3. The van der Waals surface area contributed by atoms with Crippen LogP contribution in [-0.2, 0) is 17.8 Å². The second-order valence-electron chi connectivity index (χ2n) is 9.97. The van der Waals surface area contributed by atoms with Crippen LogP contribution in [0.3, 0.4) is 0 Å². The largest absolute Gasteiger partial charge is 0.332 e.